The normalized spacial score (nSPS) is 12.5. The van der Waals surface area contributed by atoms with Crippen LogP contribution in [0, 0.1) is 0 Å². The van der Waals surface area contributed by atoms with E-state index in [0.29, 0.717) is 5.78 Å². The first-order chi connectivity index (χ1) is 10.7. The van der Waals surface area contributed by atoms with Crippen molar-refractivity contribution in [3.05, 3.63) is 0 Å². The Bertz CT molecular complexity index is 236. The van der Waals surface area contributed by atoms with E-state index in [0.717, 1.165) is 38.5 Å². The van der Waals surface area contributed by atoms with Gasteiger partial charge in [0.25, 0.3) is 0 Å². The van der Waals surface area contributed by atoms with Gasteiger partial charge in [-0.2, -0.15) is 0 Å². The first-order valence-corrected chi connectivity index (χ1v) is 9.86. The molecular weight excluding hydrogens is 272 g/mol. The number of Topliss-reactive ketones (excluding diaryl/α,β-unsaturated/α-hetero) is 1. The number of unbranched alkanes of at least 4 members (excludes halogenated alkanes) is 11. The highest BCUT2D eigenvalue weighted by Gasteiger charge is 2.02. The van der Waals surface area contributed by atoms with Gasteiger partial charge in [0, 0.05) is 12.8 Å². The second kappa shape index (κ2) is 17.0. The predicted octanol–water partition coefficient (Wildman–Crippen LogP) is 6.20. The maximum absolute atomic E-state index is 11.8. The minimum atomic E-state index is -0.159. The number of carbonyl (C=O) groups is 1. The lowest BCUT2D eigenvalue weighted by molar-refractivity contribution is -0.119. The standard InChI is InChI=1S/C20H40O2/c1-3-4-5-6-7-8-11-14-17-20(22)18-15-12-9-10-13-16-19(2)21/h19,21H,3-18H2,1-2H3. The molecule has 2 heteroatoms. The van der Waals surface area contributed by atoms with E-state index in [4.69, 9.17) is 5.11 Å². The van der Waals surface area contributed by atoms with E-state index >= 15 is 0 Å². The Balaban J connectivity index is 3.16. The van der Waals surface area contributed by atoms with Gasteiger partial charge in [-0.3, -0.25) is 4.79 Å². The first kappa shape index (κ1) is 21.6. The zero-order valence-electron chi connectivity index (χ0n) is 15.2. The van der Waals surface area contributed by atoms with Crippen molar-refractivity contribution < 1.29 is 9.90 Å². The van der Waals surface area contributed by atoms with Crippen molar-refractivity contribution >= 4 is 5.78 Å². The minimum absolute atomic E-state index is 0.159. The molecule has 0 amide bonds. The molecule has 0 aliphatic carbocycles. The van der Waals surface area contributed by atoms with E-state index in [-0.39, 0.29) is 6.10 Å². The molecule has 132 valence electrons. The van der Waals surface area contributed by atoms with Crippen molar-refractivity contribution in [2.45, 2.75) is 123 Å². The fourth-order valence-electron chi connectivity index (χ4n) is 2.87. The number of aliphatic hydroxyl groups is 1. The summed E-state index contributed by atoms with van der Waals surface area (Å²) in [6.45, 7) is 4.10. The van der Waals surface area contributed by atoms with Crippen LogP contribution in [0.2, 0.25) is 0 Å². The smallest absolute Gasteiger partial charge is 0.132 e. The van der Waals surface area contributed by atoms with Gasteiger partial charge in [0.1, 0.15) is 5.78 Å². The van der Waals surface area contributed by atoms with Crippen LogP contribution in [0.5, 0.6) is 0 Å². The third-order valence-corrected chi connectivity index (χ3v) is 4.39. The summed E-state index contributed by atoms with van der Waals surface area (Å²) < 4.78 is 0. The van der Waals surface area contributed by atoms with Crippen LogP contribution >= 0.6 is 0 Å². The SMILES string of the molecule is CCCCCCCCCCC(=O)CCCCCCCC(C)O. The summed E-state index contributed by atoms with van der Waals surface area (Å²) in [5.41, 5.74) is 0. The summed E-state index contributed by atoms with van der Waals surface area (Å²) in [7, 11) is 0. The fraction of sp³-hybridized carbons (Fsp3) is 0.950. The molecule has 0 bridgehead atoms. The lowest BCUT2D eigenvalue weighted by Gasteiger charge is -2.04. The largest absolute Gasteiger partial charge is 0.393 e. The molecule has 0 spiro atoms. The van der Waals surface area contributed by atoms with Crippen molar-refractivity contribution in [3.63, 3.8) is 0 Å². The van der Waals surface area contributed by atoms with Gasteiger partial charge >= 0.3 is 0 Å². The van der Waals surface area contributed by atoms with Crippen molar-refractivity contribution in [1.82, 2.24) is 0 Å². The summed E-state index contributed by atoms with van der Waals surface area (Å²) >= 11 is 0. The molecule has 0 rings (SSSR count). The van der Waals surface area contributed by atoms with Crippen molar-refractivity contribution in [2.75, 3.05) is 0 Å². The van der Waals surface area contributed by atoms with E-state index in [1.165, 1.54) is 64.2 Å². The van der Waals surface area contributed by atoms with E-state index in [9.17, 15) is 4.79 Å². The summed E-state index contributed by atoms with van der Waals surface area (Å²) in [6, 6.07) is 0. The highest BCUT2D eigenvalue weighted by molar-refractivity contribution is 5.78. The zero-order chi connectivity index (χ0) is 16.5. The molecule has 1 N–H and O–H groups in total. The van der Waals surface area contributed by atoms with Gasteiger partial charge in [0.2, 0.25) is 0 Å². The van der Waals surface area contributed by atoms with Crippen LogP contribution in [0.4, 0.5) is 0 Å². The molecule has 1 atom stereocenters. The molecule has 0 aliphatic rings. The molecule has 0 radical (unpaired) electrons. The van der Waals surface area contributed by atoms with Gasteiger partial charge in [-0.1, -0.05) is 77.6 Å². The van der Waals surface area contributed by atoms with Gasteiger partial charge < -0.3 is 5.11 Å². The lowest BCUT2D eigenvalue weighted by atomic mass is 10.0. The molecule has 0 aromatic rings. The number of hydrogen-bond donors (Lipinski definition) is 1. The number of aliphatic hydroxyl groups excluding tert-OH is 1. The highest BCUT2D eigenvalue weighted by Crippen LogP contribution is 2.12. The second-order valence-corrected chi connectivity index (χ2v) is 6.92. The van der Waals surface area contributed by atoms with Gasteiger partial charge in [-0.25, -0.2) is 0 Å². The van der Waals surface area contributed by atoms with Crippen molar-refractivity contribution in [3.8, 4) is 0 Å². The lowest BCUT2D eigenvalue weighted by Crippen LogP contribution is -1.99. The first-order valence-electron chi connectivity index (χ1n) is 9.86. The molecule has 0 aromatic heterocycles. The molecule has 0 heterocycles. The third kappa shape index (κ3) is 17.7. The highest BCUT2D eigenvalue weighted by atomic mass is 16.3. The quantitative estimate of drug-likeness (QED) is 0.325. The van der Waals surface area contributed by atoms with Gasteiger partial charge in [-0.15, -0.1) is 0 Å². The molecule has 1 unspecified atom stereocenters. The van der Waals surface area contributed by atoms with Crippen LogP contribution in [-0.2, 0) is 4.79 Å². The molecule has 0 aliphatic heterocycles. The van der Waals surface area contributed by atoms with Crippen LogP contribution < -0.4 is 0 Å². The van der Waals surface area contributed by atoms with Crippen molar-refractivity contribution in [2.24, 2.45) is 0 Å². The van der Waals surface area contributed by atoms with Crippen LogP contribution in [0.25, 0.3) is 0 Å². The molecule has 0 saturated carbocycles. The molecule has 0 fully saturated rings. The van der Waals surface area contributed by atoms with E-state index in [2.05, 4.69) is 6.92 Å². The molecule has 0 saturated heterocycles. The Morgan fingerprint density at radius 2 is 1.14 bits per heavy atom. The Kier molecular flexibility index (Phi) is 16.7. The summed E-state index contributed by atoms with van der Waals surface area (Å²) in [5.74, 6) is 0.468. The van der Waals surface area contributed by atoms with Gasteiger partial charge in [-0.05, 0) is 26.2 Å². The maximum Gasteiger partial charge on any atom is 0.132 e. The zero-order valence-corrected chi connectivity index (χ0v) is 15.2. The average Bonchev–Trinajstić information content (AvgIpc) is 2.48. The summed E-state index contributed by atoms with van der Waals surface area (Å²) in [6.07, 6.45) is 18.5. The Labute approximate surface area is 139 Å². The molecule has 0 aromatic carbocycles. The average molecular weight is 313 g/mol. The summed E-state index contributed by atoms with van der Waals surface area (Å²) in [4.78, 5) is 11.8. The molecule has 22 heavy (non-hydrogen) atoms. The monoisotopic (exact) mass is 312 g/mol. The van der Waals surface area contributed by atoms with Crippen molar-refractivity contribution in [1.29, 1.82) is 0 Å². The number of hydrogen-bond acceptors (Lipinski definition) is 2. The Hall–Kier alpha value is -0.370. The van der Waals surface area contributed by atoms with E-state index in [1.54, 1.807) is 0 Å². The number of ketones is 1. The Morgan fingerprint density at radius 3 is 1.59 bits per heavy atom. The topological polar surface area (TPSA) is 37.3 Å². The second-order valence-electron chi connectivity index (χ2n) is 6.92. The number of rotatable bonds is 17. The van der Waals surface area contributed by atoms with E-state index < -0.39 is 0 Å². The molecule has 2 nitrogen and oxygen atoms in total. The van der Waals surface area contributed by atoms with Crippen LogP contribution in [0.3, 0.4) is 0 Å². The predicted molar refractivity (Wildman–Crippen MR) is 96.2 cm³/mol. The van der Waals surface area contributed by atoms with E-state index in [1.807, 2.05) is 6.92 Å². The van der Waals surface area contributed by atoms with Crippen LogP contribution in [-0.4, -0.2) is 17.0 Å². The number of carbonyl (C=O) groups excluding carboxylic acids is 1. The maximum atomic E-state index is 11.8. The summed E-state index contributed by atoms with van der Waals surface area (Å²) in [5, 5.41) is 9.16. The van der Waals surface area contributed by atoms with Crippen LogP contribution in [0.1, 0.15) is 117 Å². The fourth-order valence-corrected chi connectivity index (χ4v) is 2.87. The Morgan fingerprint density at radius 1 is 0.727 bits per heavy atom. The third-order valence-electron chi connectivity index (χ3n) is 4.39. The van der Waals surface area contributed by atoms with Gasteiger partial charge in [0.05, 0.1) is 6.10 Å². The minimum Gasteiger partial charge on any atom is -0.393 e. The molecular formula is C20H40O2. The van der Waals surface area contributed by atoms with Gasteiger partial charge in [0.15, 0.2) is 0 Å². The van der Waals surface area contributed by atoms with Crippen LogP contribution in [0.15, 0.2) is 0 Å².